The highest BCUT2D eigenvalue weighted by Crippen LogP contribution is 2.34. The topological polar surface area (TPSA) is 111 Å². The second-order valence-electron chi connectivity index (χ2n) is 6.83. The number of imidazole rings is 1. The van der Waals surface area contributed by atoms with Gasteiger partial charge in [-0.2, -0.15) is 0 Å². The molecule has 3 aromatic rings. The number of halogens is 1. The first-order valence-electron chi connectivity index (χ1n) is 8.89. The number of benzene rings is 1. The highest BCUT2D eigenvalue weighted by Gasteiger charge is 2.28. The Bertz CT molecular complexity index is 1050. The normalized spacial score (nSPS) is 16.4. The molecule has 1 aromatic carbocycles. The van der Waals surface area contributed by atoms with E-state index >= 15 is 0 Å². The lowest BCUT2D eigenvalue weighted by Crippen LogP contribution is -2.26. The van der Waals surface area contributed by atoms with Gasteiger partial charge in [-0.3, -0.25) is 9.78 Å². The number of carbonyl (C=O) groups excluding carboxylic acids is 1. The molecule has 0 saturated heterocycles. The minimum atomic E-state index is -0.327. The summed E-state index contributed by atoms with van der Waals surface area (Å²) in [6, 6.07) is 6.20. The van der Waals surface area contributed by atoms with E-state index in [0.717, 1.165) is 5.56 Å². The van der Waals surface area contributed by atoms with Crippen LogP contribution in [-0.2, 0) is 13.0 Å². The van der Waals surface area contributed by atoms with Crippen molar-refractivity contribution >= 4 is 5.91 Å². The van der Waals surface area contributed by atoms with E-state index in [0.29, 0.717) is 41.3 Å². The van der Waals surface area contributed by atoms with Crippen LogP contribution in [0.1, 0.15) is 38.9 Å². The third-order valence-electron chi connectivity index (χ3n) is 5.02. The minimum Gasteiger partial charge on any atom is -0.505 e. The predicted molar refractivity (Wildman–Crippen MR) is 99.3 cm³/mol. The molecule has 0 radical (unpaired) electrons. The second kappa shape index (κ2) is 7.05. The third-order valence-corrected chi connectivity index (χ3v) is 5.02. The third kappa shape index (κ3) is 3.11. The van der Waals surface area contributed by atoms with Crippen molar-refractivity contribution in [3.8, 4) is 17.1 Å². The van der Waals surface area contributed by atoms with Crippen molar-refractivity contribution in [2.75, 3.05) is 6.54 Å². The van der Waals surface area contributed by atoms with Crippen molar-refractivity contribution in [1.29, 1.82) is 0 Å². The number of amides is 1. The van der Waals surface area contributed by atoms with E-state index in [1.165, 1.54) is 18.3 Å². The number of aromatic nitrogens is 3. The van der Waals surface area contributed by atoms with E-state index in [-0.39, 0.29) is 35.7 Å². The van der Waals surface area contributed by atoms with Crippen molar-refractivity contribution in [2.45, 2.75) is 25.9 Å². The molecule has 1 aliphatic heterocycles. The van der Waals surface area contributed by atoms with Crippen LogP contribution >= 0.6 is 0 Å². The van der Waals surface area contributed by atoms with E-state index in [1.807, 2.05) is 0 Å². The van der Waals surface area contributed by atoms with Gasteiger partial charge < -0.3 is 20.5 Å². The number of hydrogen-bond donors (Lipinski definition) is 4. The van der Waals surface area contributed by atoms with Gasteiger partial charge in [0.15, 0.2) is 0 Å². The molecule has 0 aliphatic carbocycles. The van der Waals surface area contributed by atoms with Gasteiger partial charge in [-0.25, -0.2) is 9.37 Å². The van der Waals surface area contributed by atoms with Crippen molar-refractivity contribution in [3.63, 3.8) is 0 Å². The number of aliphatic hydroxyl groups excluding tert-OH is 1. The molecule has 1 atom stereocenters. The molecular formula is C20H19FN4O3. The Morgan fingerprint density at radius 1 is 1.29 bits per heavy atom. The van der Waals surface area contributed by atoms with Gasteiger partial charge in [0.25, 0.3) is 5.91 Å². The summed E-state index contributed by atoms with van der Waals surface area (Å²) in [5.41, 5.74) is 2.91. The van der Waals surface area contributed by atoms with Gasteiger partial charge in [0, 0.05) is 29.9 Å². The summed E-state index contributed by atoms with van der Waals surface area (Å²) in [6.07, 6.45) is 1.96. The van der Waals surface area contributed by atoms with Crippen LogP contribution < -0.4 is 5.32 Å². The lowest BCUT2D eigenvalue weighted by atomic mass is 9.94. The average Bonchev–Trinajstić information content (AvgIpc) is 3.04. The Kier molecular flexibility index (Phi) is 4.56. The van der Waals surface area contributed by atoms with E-state index in [4.69, 9.17) is 0 Å². The standard InChI is InChI=1S/C20H19FN4O3/c1-10-18(27)16(13(9-26)8-22-10)19-24-15-6-12(7-23-20(28)17(15)25-19)11-2-4-14(21)5-3-11/h2-5,8,12,26-27H,6-7,9H2,1H3,(H,23,28)(H,24,25)/t12-/m0/s1. The van der Waals surface area contributed by atoms with Crippen LogP contribution in [0.2, 0.25) is 0 Å². The van der Waals surface area contributed by atoms with E-state index in [9.17, 15) is 19.4 Å². The highest BCUT2D eigenvalue weighted by molar-refractivity contribution is 5.94. The summed E-state index contributed by atoms with van der Waals surface area (Å²) in [5, 5.41) is 22.9. The van der Waals surface area contributed by atoms with Crippen LogP contribution in [0.3, 0.4) is 0 Å². The smallest absolute Gasteiger partial charge is 0.271 e. The number of nitrogens with one attached hydrogen (secondary N) is 2. The summed E-state index contributed by atoms with van der Waals surface area (Å²) >= 11 is 0. The van der Waals surface area contributed by atoms with Crippen LogP contribution in [0.25, 0.3) is 11.4 Å². The molecule has 0 fully saturated rings. The molecule has 28 heavy (non-hydrogen) atoms. The molecule has 0 unspecified atom stereocenters. The van der Waals surface area contributed by atoms with Crippen LogP contribution in [0.5, 0.6) is 5.75 Å². The number of aromatic hydroxyl groups is 1. The number of aromatic amines is 1. The molecule has 4 rings (SSSR count). The Morgan fingerprint density at radius 3 is 2.75 bits per heavy atom. The van der Waals surface area contributed by atoms with Gasteiger partial charge in [-0.15, -0.1) is 0 Å². The monoisotopic (exact) mass is 382 g/mol. The second-order valence-corrected chi connectivity index (χ2v) is 6.83. The van der Waals surface area contributed by atoms with Crippen LogP contribution in [0.15, 0.2) is 30.5 Å². The zero-order chi connectivity index (χ0) is 19.8. The van der Waals surface area contributed by atoms with E-state index in [1.54, 1.807) is 19.1 Å². The molecule has 8 heteroatoms. The Labute approximate surface area is 160 Å². The van der Waals surface area contributed by atoms with Crippen molar-refractivity contribution in [1.82, 2.24) is 20.3 Å². The van der Waals surface area contributed by atoms with Gasteiger partial charge in [-0.1, -0.05) is 12.1 Å². The first-order chi connectivity index (χ1) is 13.5. The SMILES string of the molecule is Cc1ncc(CO)c(-c2nc3c([nH]2)C[C@H](c2ccc(F)cc2)CNC3=O)c1O. The lowest BCUT2D eigenvalue weighted by Gasteiger charge is -2.14. The molecule has 0 spiro atoms. The molecule has 144 valence electrons. The fourth-order valence-corrected chi connectivity index (χ4v) is 3.47. The first kappa shape index (κ1) is 18.1. The number of aliphatic hydroxyl groups is 1. The zero-order valence-corrected chi connectivity index (χ0v) is 15.2. The summed E-state index contributed by atoms with van der Waals surface area (Å²) < 4.78 is 13.2. The Balaban J connectivity index is 1.76. The lowest BCUT2D eigenvalue weighted by molar-refractivity contribution is 0.0950. The van der Waals surface area contributed by atoms with Crippen molar-refractivity contribution < 1.29 is 19.4 Å². The molecule has 1 aliphatic rings. The summed E-state index contributed by atoms with van der Waals surface area (Å²) in [6.45, 7) is 1.72. The predicted octanol–water partition coefficient (Wildman–Crippen LogP) is 2.19. The molecular weight excluding hydrogens is 363 g/mol. The van der Waals surface area contributed by atoms with E-state index in [2.05, 4.69) is 20.3 Å². The number of rotatable bonds is 3. The number of aryl methyl sites for hydroxylation is 1. The fraction of sp³-hybridized carbons (Fsp3) is 0.250. The number of hydrogen-bond acceptors (Lipinski definition) is 5. The van der Waals surface area contributed by atoms with Crippen LogP contribution in [0.4, 0.5) is 4.39 Å². The number of fused-ring (bicyclic) bond motifs is 1. The summed E-state index contributed by atoms with van der Waals surface area (Å²) in [4.78, 5) is 24.1. The Hall–Kier alpha value is -3.26. The first-order valence-corrected chi connectivity index (χ1v) is 8.89. The van der Waals surface area contributed by atoms with Gasteiger partial charge in [-0.05, 0) is 31.0 Å². The maximum absolute atomic E-state index is 13.2. The molecule has 0 saturated carbocycles. The molecule has 2 aromatic heterocycles. The van der Waals surface area contributed by atoms with Crippen LogP contribution in [-0.4, -0.2) is 37.6 Å². The largest absolute Gasteiger partial charge is 0.505 e. The number of carbonyl (C=O) groups is 1. The fourth-order valence-electron chi connectivity index (χ4n) is 3.47. The van der Waals surface area contributed by atoms with E-state index < -0.39 is 0 Å². The summed E-state index contributed by atoms with van der Waals surface area (Å²) in [7, 11) is 0. The maximum Gasteiger partial charge on any atom is 0.271 e. The zero-order valence-electron chi connectivity index (χ0n) is 15.2. The molecule has 3 heterocycles. The maximum atomic E-state index is 13.2. The molecule has 4 N–H and O–H groups in total. The van der Waals surface area contributed by atoms with Gasteiger partial charge in [0.2, 0.25) is 0 Å². The van der Waals surface area contributed by atoms with Gasteiger partial charge in [0.1, 0.15) is 23.1 Å². The van der Waals surface area contributed by atoms with Gasteiger partial charge >= 0.3 is 0 Å². The number of pyridine rings is 1. The average molecular weight is 382 g/mol. The highest BCUT2D eigenvalue weighted by atomic mass is 19.1. The van der Waals surface area contributed by atoms with Crippen molar-refractivity contribution in [2.24, 2.45) is 0 Å². The molecule has 7 nitrogen and oxygen atoms in total. The Morgan fingerprint density at radius 2 is 2.04 bits per heavy atom. The number of nitrogens with zero attached hydrogens (tertiary/aromatic N) is 2. The van der Waals surface area contributed by atoms with Crippen LogP contribution in [0, 0.1) is 12.7 Å². The molecule has 0 bridgehead atoms. The van der Waals surface area contributed by atoms with Crippen molar-refractivity contribution in [3.05, 3.63) is 64.5 Å². The quantitative estimate of drug-likeness (QED) is 0.555. The van der Waals surface area contributed by atoms with Gasteiger partial charge in [0.05, 0.1) is 17.9 Å². The minimum absolute atomic E-state index is 0.0517. The molecule has 1 amide bonds. The summed E-state index contributed by atoms with van der Waals surface area (Å²) in [5.74, 6) is -0.481. The number of H-pyrrole nitrogens is 1.